The second kappa shape index (κ2) is 53.5. The van der Waals surface area contributed by atoms with Crippen molar-refractivity contribution in [1.82, 2.24) is 74.1 Å². The smallest absolute Gasteiger partial charge is 0.475 e. The fourth-order valence-corrected chi connectivity index (χ4v) is 20.6. The molecular formula is C75H100F3N26O36P4S4+. The maximum absolute atomic E-state index is 14.3. The lowest BCUT2D eigenvalue weighted by Gasteiger charge is -2.26. The summed E-state index contributed by atoms with van der Waals surface area (Å²) >= 11 is 0. The van der Waals surface area contributed by atoms with Crippen LogP contribution in [-0.4, -0.2) is 291 Å². The van der Waals surface area contributed by atoms with Crippen LogP contribution in [-0.2, 0) is 111 Å². The number of carboxylic acid groups (broad SMARTS) is 1. The highest BCUT2D eigenvalue weighted by atomic mass is 33.1. The Morgan fingerprint density at radius 1 is 0.588 bits per heavy atom. The van der Waals surface area contributed by atoms with Crippen LogP contribution in [0.5, 0.6) is 0 Å². The number of alkyl halides is 3. The van der Waals surface area contributed by atoms with E-state index < -0.39 is 215 Å². The average molecular weight is 2250 g/mol. The van der Waals surface area contributed by atoms with Gasteiger partial charge in [-0.3, -0.25) is 41.2 Å². The summed E-state index contributed by atoms with van der Waals surface area (Å²) in [6.07, 6.45) is -18.1. The highest BCUT2D eigenvalue weighted by Crippen LogP contribution is 2.57. The first-order valence-corrected chi connectivity index (χ1v) is 54.2. The van der Waals surface area contributed by atoms with Crippen molar-refractivity contribution >= 4 is 168 Å². The second-order valence-corrected chi connectivity index (χ2v) is 43.3. The van der Waals surface area contributed by atoms with Gasteiger partial charge in [-0.05, 0) is 93.3 Å². The summed E-state index contributed by atoms with van der Waals surface area (Å²) in [5.41, 5.74) is 46.4. The molecule has 4 fully saturated rings. The molecule has 0 aliphatic carbocycles. The van der Waals surface area contributed by atoms with Crippen LogP contribution < -0.4 is 56.0 Å². The largest absolute Gasteiger partial charge is 0.570 e. The summed E-state index contributed by atoms with van der Waals surface area (Å²) in [5.74, 6) is -5.10. The third-order valence-corrected chi connectivity index (χ3v) is 28.3. The number of carbonyl (C=O) groups excluding carboxylic acids is 5. The molecule has 0 spiro atoms. The zero-order valence-corrected chi connectivity index (χ0v) is 84.5. The Hall–Kier alpha value is -11.2. The Kier molecular flexibility index (Phi) is 42.9. The number of carbonyl (C=O) groups is 6. The molecule has 0 bridgehead atoms. The van der Waals surface area contributed by atoms with E-state index in [4.69, 9.17) is 110 Å². The number of nitrogens with zero attached hydrogens (tertiary/aromatic N) is 18. The summed E-state index contributed by atoms with van der Waals surface area (Å²) in [6.45, 7) is 1.37. The number of aliphatic carboxylic acids is 1. The van der Waals surface area contributed by atoms with Gasteiger partial charge in [-0.1, -0.05) is 102 Å². The van der Waals surface area contributed by atoms with Gasteiger partial charge in [0.2, 0.25) is 0 Å². The molecule has 62 nitrogen and oxygen atoms in total. The number of fused-ring (bicyclic) bond motifs is 2. The second-order valence-electron chi connectivity index (χ2n) is 32.5. The summed E-state index contributed by atoms with van der Waals surface area (Å²) in [6, 6.07) is 12.6. The molecule has 1 unspecified atom stereocenters. The number of aliphatic hydroxyl groups is 2. The summed E-state index contributed by atoms with van der Waals surface area (Å²) in [4.78, 5) is 208. The van der Waals surface area contributed by atoms with Crippen LogP contribution in [0, 0.1) is 0 Å². The molecule has 6 aromatic heterocycles. The quantitative estimate of drug-likeness (QED) is 0.00448. The van der Waals surface area contributed by atoms with E-state index in [1.165, 1.54) is 89.5 Å². The molecule has 19 atom stereocenters. The van der Waals surface area contributed by atoms with Crippen LogP contribution >= 0.6 is 74.8 Å². The molecular weight excluding hydrogens is 2150 g/mol. The first kappa shape index (κ1) is 119. The molecule has 2 aromatic carbocycles. The minimum atomic E-state index is -5.22. The van der Waals surface area contributed by atoms with Crippen molar-refractivity contribution in [1.29, 1.82) is 0 Å². The van der Waals surface area contributed by atoms with Gasteiger partial charge in [0.05, 0.1) is 32.5 Å². The Morgan fingerprint density at radius 2 is 1.01 bits per heavy atom. The highest BCUT2D eigenvalue weighted by Gasteiger charge is 2.56. The first-order valence-electron chi connectivity index (χ1n) is 42.9. The lowest BCUT2D eigenvalue weighted by Crippen LogP contribution is -2.48. The molecule has 148 heavy (non-hydrogen) atoms. The number of halogens is 3. The number of rotatable bonds is 45. The van der Waals surface area contributed by atoms with Gasteiger partial charge in [0.15, 0.2) is 47.6 Å². The molecule has 0 radical (unpaired) electrons. The number of hydrogen-bond donors (Lipinski definition) is 18. The van der Waals surface area contributed by atoms with E-state index >= 15 is 0 Å². The van der Waals surface area contributed by atoms with Gasteiger partial charge in [0.25, 0.3) is 0 Å². The predicted molar refractivity (Wildman–Crippen MR) is 511 cm³/mol. The van der Waals surface area contributed by atoms with Crippen LogP contribution in [0.3, 0.4) is 0 Å². The normalized spacial score (nSPS) is 22.1. The molecule has 4 aliphatic heterocycles. The maximum Gasteiger partial charge on any atom is 0.570 e. The number of hydrogen-bond acceptors (Lipinski definition) is 49. The van der Waals surface area contributed by atoms with E-state index in [1.54, 1.807) is 75.6 Å². The lowest BCUT2D eigenvalue weighted by atomic mass is 10.1. The number of phosphoric ester groups is 3. The molecule has 8 aromatic rings. The third kappa shape index (κ3) is 35.8. The number of anilines is 4. The number of nitrogens with two attached hydrogens (primary N) is 5. The first-order chi connectivity index (χ1) is 69.7. The average Bonchev–Trinajstić information content (AvgIpc) is 1.62. The number of imidazole rings is 2. The van der Waals surface area contributed by atoms with Crippen molar-refractivity contribution in [2.75, 3.05) is 75.0 Å². The number of benzene rings is 2. The number of aliphatic hydroxyl groups excluding tert-OH is 2. The minimum absolute atomic E-state index is 0.00357. The molecule has 810 valence electrons. The molecule has 10 heterocycles. The van der Waals surface area contributed by atoms with E-state index in [0.29, 0.717) is 28.9 Å². The molecule has 73 heteroatoms. The number of alkyl carbamates (subject to hydrolysis) is 3. The van der Waals surface area contributed by atoms with Gasteiger partial charge in [-0.2, -0.15) is 37.4 Å². The van der Waals surface area contributed by atoms with E-state index in [-0.39, 0.29) is 115 Å². The monoisotopic (exact) mass is 2250 g/mol. The highest BCUT2D eigenvalue weighted by molar-refractivity contribution is 8.77. The van der Waals surface area contributed by atoms with Crippen molar-refractivity contribution in [3.05, 3.63) is 151 Å². The SMILES string of the molecule is CSS[C@@H](CC[C@H](N)C(=O)O[C@H]1[C@@H](O)[C@H](n2cnc3c(N)ncnc32)O[C@@H]1COP(=O)(O)O[C@H]1C[C@H](n2ccc(N)nc2=O)O[C@@H]1COP(=O)(O)O)CNC(=O)OCc1ccc(N=[N+]=[N-])cc1.CSS[C@@H](CC[C@H](NC(=O)OC(C)(C)C)C(=O)O[C@H]1[C@@H](O)[C@H](n2cnc3c(N)ncnc32)O[C@@H]1CO[P+](O)(O)O[C@H]1C[C@H](n2ccc(N)nc2=O)O[C@@H]1COP(=O)(O)O)CNC(=O)OCc1ccc(N=[N+]=[N-])cc1.O=C(O)C(F)(F)F. The van der Waals surface area contributed by atoms with Gasteiger partial charge in [-0.25, -0.2) is 77.2 Å². The van der Waals surface area contributed by atoms with Crippen molar-refractivity contribution in [2.24, 2.45) is 16.0 Å². The van der Waals surface area contributed by atoms with Crippen LogP contribution in [0.25, 0.3) is 43.2 Å². The Balaban J connectivity index is 0.000000285. The Labute approximate surface area is 847 Å². The predicted octanol–water partition coefficient (Wildman–Crippen LogP) is 5.11. The fourth-order valence-electron chi connectivity index (χ4n) is 14.0. The van der Waals surface area contributed by atoms with Crippen LogP contribution in [0.15, 0.2) is 118 Å². The van der Waals surface area contributed by atoms with E-state index in [2.05, 4.69) is 84.9 Å². The number of esters is 2. The van der Waals surface area contributed by atoms with E-state index in [0.717, 1.165) is 21.8 Å². The molecule has 4 aliphatic rings. The lowest BCUT2D eigenvalue weighted by molar-refractivity contribution is -0.192. The van der Waals surface area contributed by atoms with E-state index in [1.807, 2.05) is 6.26 Å². The Bertz CT molecular complexity index is 6280. The third-order valence-electron chi connectivity index (χ3n) is 20.7. The van der Waals surface area contributed by atoms with Crippen LogP contribution in [0.4, 0.5) is 62.2 Å². The number of nitrogen functional groups attached to an aromatic ring is 4. The maximum atomic E-state index is 14.3. The number of azide groups is 2. The molecule has 23 N–H and O–H groups in total. The standard InChI is InChI=1S/C39H53N13O18P2S2.C34H45N13O16P2S2.C2HF3O2/c1-39(2,3)69-38(57)47-23(10-9-22(74-73-4)14-43-37(56)63-15-20-5-7-21(8-6-20)49-50-42)35(54)68-31-26(67-34(30(31)53)52-19-46-29-32(41)44-18-45-33(29)52)17-65-72(61,62)70-24-13-28(51-12-11-27(40)48-36(51)55)66-25(24)16-64-71(58,59)60;1-66-67-19(11-39-34(51)57-12-17-2-4-18(5-3-17)44-45-38)6-7-20(35)32(49)62-28-23(61-31(27(28)48)47-16-42-26-29(37)40-15-41-30(26)47)14-59-65(55,56)63-21-10-25(46-9-8-24(36)43-33(46)50)60-22(21)13-58-64(52,53)54;3-2(4,5)1(6)7/h5-8,11-12,18-19,22-26,28,30-31,34,53,61-62H,9-10,13-17H2,1-4H3,(H7-,40,41,43,44,45,47,48,55,56,57,58,59,60);2-5,8-9,15-16,19-23,25,27-28,31,48H,6-7,10-14,35H2,1H3,(H,39,51)(H,55,56)(H2,36,43,50)(H2,37,40,41)(H2,52,53,54);(H,6,7)/p+1/t22-,23-,24-,25+,26+,28+,30+,31+,34+;19-,20-,21-,22+,23+,25+,27+,28+,31+;/m00./s1. The van der Waals surface area contributed by atoms with Crippen molar-refractivity contribution < 1.29 is 175 Å². The minimum Gasteiger partial charge on any atom is -0.475 e. The Morgan fingerprint density at radius 3 is 1.44 bits per heavy atom. The van der Waals surface area contributed by atoms with Gasteiger partial charge < -0.3 is 127 Å². The fraction of sp³-hybridized carbons (Fsp3) is 0.520. The van der Waals surface area contributed by atoms with E-state index in [9.17, 15) is 105 Å². The summed E-state index contributed by atoms with van der Waals surface area (Å²) in [7, 11) is -14.9. The summed E-state index contributed by atoms with van der Waals surface area (Å²) < 4.78 is 155. The number of carboxylic acids is 1. The topological polar surface area (TPSA) is 915 Å². The van der Waals surface area contributed by atoms with Gasteiger partial charge in [0.1, 0.15) is 134 Å². The molecule has 3 amide bonds. The number of ether oxygens (including phenoxy) is 9. The number of amides is 3. The zero-order valence-electron chi connectivity index (χ0n) is 77.6. The van der Waals surface area contributed by atoms with Crippen LogP contribution in [0.1, 0.15) is 95.3 Å². The van der Waals surface area contributed by atoms with Gasteiger partial charge >= 0.3 is 85.4 Å². The number of phosphoric acid groups is 3. The van der Waals surface area contributed by atoms with Crippen molar-refractivity contribution in [2.45, 2.75) is 193 Å². The number of aromatic nitrogens is 12. The van der Waals surface area contributed by atoms with Crippen molar-refractivity contribution in [3.63, 3.8) is 0 Å². The molecule has 12 rings (SSSR count). The van der Waals surface area contributed by atoms with Gasteiger partial charge in [0, 0.05) is 70.0 Å². The summed E-state index contributed by atoms with van der Waals surface area (Å²) in [5, 5.41) is 44.9. The van der Waals surface area contributed by atoms with Crippen LogP contribution in [0.2, 0.25) is 0 Å². The number of nitrogens with one attached hydrogen (secondary N) is 3. The zero-order chi connectivity index (χ0) is 109. The molecule has 4 saturated heterocycles. The van der Waals surface area contributed by atoms with Gasteiger partial charge in [-0.15, -0.1) is 4.52 Å². The van der Waals surface area contributed by atoms with Crippen molar-refractivity contribution in [3.8, 4) is 0 Å². The molecule has 0 saturated carbocycles.